The minimum Gasteiger partial charge on any atom is -0.493 e. The Morgan fingerprint density at radius 3 is 2.94 bits per heavy atom. The molecule has 0 N–H and O–H groups in total. The van der Waals surface area contributed by atoms with Crippen LogP contribution in [0.25, 0.3) is 5.65 Å². The van der Waals surface area contributed by atoms with E-state index in [9.17, 15) is 0 Å². The van der Waals surface area contributed by atoms with Gasteiger partial charge in [-0.1, -0.05) is 11.6 Å². The molecule has 3 aliphatic rings. The summed E-state index contributed by atoms with van der Waals surface area (Å²) in [5.41, 5.74) is 1.34. The zero-order valence-corrected chi connectivity index (χ0v) is 10.2. The molecule has 3 fully saturated rings. The minimum absolute atomic E-state index is 0.499. The molecule has 2 heterocycles. The van der Waals surface area contributed by atoms with Crippen molar-refractivity contribution in [2.24, 2.45) is 11.3 Å². The molecule has 3 nitrogen and oxygen atoms in total. The number of hydrogen-bond donors (Lipinski definition) is 0. The SMILES string of the molecule is Clc1cc(OCC23CC(C2)C3)cc2nccn12. The first-order chi connectivity index (χ1) is 8.24. The summed E-state index contributed by atoms with van der Waals surface area (Å²) in [6.45, 7) is 0.830. The van der Waals surface area contributed by atoms with E-state index in [1.807, 2.05) is 22.7 Å². The van der Waals surface area contributed by atoms with E-state index in [-0.39, 0.29) is 0 Å². The first kappa shape index (κ1) is 9.77. The molecule has 3 saturated carbocycles. The summed E-state index contributed by atoms with van der Waals surface area (Å²) in [7, 11) is 0. The highest BCUT2D eigenvalue weighted by Gasteiger charge is 2.56. The van der Waals surface area contributed by atoms with E-state index >= 15 is 0 Å². The quantitative estimate of drug-likeness (QED) is 0.780. The number of fused-ring (bicyclic) bond motifs is 1. The van der Waals surface area contributed by atoms with Crippen molar-refractivity contribution in [2.75, 3.05) is 6.61 Å². The van der Waals surface area contributed by atoms with Crippen LogP contribution in [0.3, 0.4) is 0 Å². The largest absolute Gasteiger partial charge is 0.493 e. The molecule has 5 rings (SSSR count). The molecule has 3 aliphatic carbocycles. The molecule has 2 bridgehead atoms. The Hall–Kier alpha value is -1.22. The average molecular weight is 249 g/mol. The number of ether oxygens (including phenoxy) is 1. The maximum atomic E-state index is 6.15. The maximum absolute atomic E-state index is 6.15. The normalized spacial score (nSPS) is 29.8. The molecule has 0 unspecified atom stereocenters. The molecule has 0 aliphatic heterocycles. The van der Waals surface area contributed by atoms with E-state index in [1.165, 1.54) is 19.3 Å². The van der Waals surface area contributed by atoms with Crippen molar-refractivity contribution in [3.8, 4) is 5.75 Å². The Kier molecular flexibility index (Phi) is 1.82. The second-order valence-corrected chi connectivity index (χ2v) is 5.82. The van der Waals surface area contributed by atoms with Gasteiger partial charge in [-0.2, -0.15) is 0 Å². The summed E-state index contributed by atoms with van der Waals surface area (Å²) < 4.78 is 7.71. The Balaban J connectivity index is 1.57. The zero-order chi connectivity index (χ0) is 11.5. The Morgan fingerprint density at radius 2 is 2.24 bits per heavy atom. The summed E-state index contributed by atoms with van der Waals surface area (Å²) >= 11 is 6.15. The standard InChI is InChI=1S/C13H13ClN2O/c14-11-3-10(4-12-15-1-2-16(11)12)17-8-13-5-9(6-13)7-13/h1-4,9H,5-8H2. The Labute approximate surface area is 104 Å². The molecule has 0 saturated heterocycles. The van der Waals surface area contributed by atoms with Crippen LogP contribution in [0.15, 0.2) is 24.5 Å². The van der Waals surface area contributed by atoms with E-state index < -0.39 is 0 Å². The lowest BCUT2D eigenvalue weighted by Crippen LogP contribution is -2.55. The predicted molar refractivity (Wildman–Crippen MR) is 65.5 cm³/mol. The molecular weight excluding hydrogens is 236 g/mol. The molecule has 88 valence electrons. The van der Waals surface area contributed by atoms with E-state index in [0.29, 0.717) is 10.6 Å². The first-order valence-corrected chi connectivity index (χ1v) is 6.37. The lowest BCUT2D eigenvalue weighted by molar-refractivity contribution is -0.131. The monoisotopic (exact) mass is 248 g/mol. The van der Waals surface area contributed by atoms with Gasteiger partial charge in [0.1, 0.15) is 16.5 Å². The maximum Gasteiger partial charge on any atom is 0.141 e. The molecule has 0 amide bonds. The fourth-order valence-electron chi connectivity index (χ4n) is 3.11. The highest BCUT2D eigenvalue weighted by Crippen LogP contribution is 2.64. The van der Waals surface area contributed by atoms with E-state index in [0.717, 1.165) is 23.9 Å². The third kappa shape index (κ3) is 1.38. The van der Waals surface area contributed by atoms with Gasteiger partial charge in [0.05, 0.1) is 6.61 Å². The second kappa shape index (κ2) is 3.16. The minimum atomic E-state index is 0.499. The molecule has 0 spiro atoms. The van der Waals surface area contributed by atoms with Gasteiger partial charge in [-0.05, 0) is 25.2 Å². The van der Waals surface area contributed by atoms with E-state index in [4.69, 9.17) is 16.3 Å². The van der Waals surface area contributed by atoms with Gasteiger partial charge in [0.25, 0.3) is 0 Å². The summed E-state index contributed by atoms with van der Waals surface area (Å²) in [5, 5.41) is 0.646. The van der Waals surface area contributed by atoms with Crippen LogP contribution in [0.1, 0.15) is 19.3 Å². The van der Waals surface area contributed by atoms with Gasteiger partial charge in [-0.15, -0.1) is 0 Å². The van der Waals surface area contributed by atoms with Crippen LogP contribution in [0.5, 0.6) is 5.75 Å². The van der Waals surface area contributed by atoms with Gasteiger partial charge in [0.2, 0.25) is 0 Å². The van der Waals surface area contributed by atoms with Gasteiger partial charge < -0.3 is 4.74 Å². The lowest BCUT2D eigenvalue weighted by Gasteiger charge is -2.61. The van der Waals surface area contributed by atoms with Gasteiger partial charge in [-0.25, -0.2) is 4.98 Å². The van der Waals surface area contributed by atoms with Crippen LogP contribution in [-0.2, 0) is 0 Å². The number of halogens is 1. The molecule has 17 heavy (non-hydrogen) atoms. The summed E-state index contributed by atoms with van der Waals surface area (Å²) in [6, 6.07) is 3.80. The van der Waals surface area contributed by atoms with Crippen LogP contribution >= 0.6 is 11.6 Å². The van der Waals surface area contributed by atoms with Crippen molar-refractivity contribution in [3.05, 3.63) is 29.7 Å². The van der Waals surface area contributed by atoms with Crippen LogP contribution in [0.4, 0.5) is 0 Å². The molecule has 0 atom stereocenters. The Bertz CT molecular complexity index is 575. The van der Waals surface area contributed by atoms with Crippen LogP contribution in [0.2, 0.25) is 5.15 Å². The molecule has 0 aromatic carbocycles. The van der Waals surface area contributed by atoms with Crippen molar-refractivity contribution in [1.82, 2.24) is 9.38 Å². The highest BCUT2D eigenvalue weighted by atomic mass is 35.5. The van der Waals surface area contributed by atoms with Gasteiger partial charge >= 0.3 is 0 Å². The van der Waals surface area contributed by atoms with Crippen LogP contribution in [-0.4, -0.2) is 16.0 Å². The van der Waals surface area contributed by atoms with Gasteiger partial charge in [0, 0.05) is 29.9 Å². The number of pyridine rings is 1. The summed E-state index contributed by atoms with van der Waals surface area (Å²) in [6.07, 6.45) is 7.65. The van der Waals surface area contributed by atoms with Crippen molar-refractivity contribution >= 4 is 17.2 Å². The number of hydrogen-bond acceptors (Lipinski definition) is 2. The molecular formula is C13H13ClN2O. The fraction of sp³-hybridized carbons (Fsp3) is 0.462. The summed E-state index contributed by atoms with van der Waals surface area (Å²) in [5.74, 6) is 1.83. The number of aromatic nitrogens is 2. The Morgan fingerprint density at radius 1 is 1.41 bits per heavy atom. The van der Waals surface area contributed by atoms with Crippen LogP contribution in [0, 0.1) is 11.3 Å². The van der Waals surface area contributed by atoms with Gasteiger partial charge in [0.15, 0.2) is 0 Å². The van der Waals surface area contributed by atoms with Crippen LogP contribution < -0.4 is 4.74 Å². The smallest absolute Gasteiger partial charge is 0.141 e. The molecule has 2 aromatic heterocycles. The zero-order valence-electron chi connectivity index (χ0n) is 9.40. The molecule has 4 heteroatoms. The van der Waals surface area contributed by atoms with Crippen molar-refractivity contribution in [3.63, 3.8) is 0 Å². The second-order valence-electron chi connectivity index (χ2n) is 5.44. The van der Waals surface area contributed by atoms with Crippen molar-refractivity contribution in [1.29, 1.82) is 0 Å². The van der Waals surface area contributed by atoms with E-state index in [2.05, 4.69) is 4.98 Å². The van der Waals surface area contributed by atoms with Gasteiger partial charge in [-0.3, -0.25) is 4.40 Å². The number of rotatable bonds is 3. The first-order valence-electron chi connectivity index (χ1n) is 6.00. The third-order valence-corrected chi connectivity index (χ3v) is 4.43. The highest BCUT2D eigenvalue weighted by molar-refractivity contribution is 6.29. The third-order valence-electron chi connectivity index (χ3n) is 4.14. The molecule has 2 aromatic rings. The van der Waals surface area contributed by atoms with E-state index in [1.54, 1.807) is 6.20 Å². The topological polar surface area (TPSA) is 26.5 Å². The average Bonchev–Trinajstić information content (AvgIpc) is 2.61. The lowest BCUT2D eigenvalue weighted by atomic mass is 9.45. The fourth-order valence-corrected chi connectivity index (χ4v) is 3.36. The number of nitrogens with zero attached hydrogens (tertiary/aromatic N) is 2. The van der Waals surface area contributed by atoms with Crippen molar-refractivity contribution < 1.29 is 4.74 Å². The summed E-state index contributed by atoms with van der Waals surface area (Å²) in [4.78, 5) is 4.23. The molecule has 0 radical (unpaired) electrons. The predicted octanol–water partition coefficient (Wildman–Crippen LogP) is 3.17. The van der Waals surface area contributed by atoms with Crippen molar-refractivity contribution in [2.45, 2.75) is 19.3 Å². The number of imidazole rings is 1.